The van der Waals surface area contributed by atoms with Crippen LogP contribution in [0.5, 0.6) is 0 Å². The molecule has 0 bridgehead atoms. The Kier molecular flexibility index (Phi) is 4.11. The summed E-state index contributed by atoms with van der Waals surface area (Å²) in [5.74, 6) is 4.29. The topological polar surface area (TPSA) is 0 Å². The maximum atomic E-state index is 2.46. The van der Waals surface area contributed by atoms with E-state index in [4.69, 9.17) is 0 Å². The van der Waals surface area contributed by atoms with E-state index >= 15 is 0 Å². The normalized spacial score (nSPS) is 42.8. The molecule has 2 fully saturated rings. The van der Waals surface area contributed by atoms with Gasteiger partial charge in [0.1, 0.15) is 0 Å². The van der Waals surface area contributed by atoms with Gasteiger partial charge in [0, 0.05) is 0 Å². The summed E-state index contributed by atoms with van der Waals surface area (Å²) in [5.41, 5.74) is 0. The van der Waals surface area contributed by atoms with Crippen molar-refractivity contribution in [2.45, 2.75) is 71.6 Å². The molecule has 4 atom stereocenters. The quantitative estimate of drug-likeness (QED) is 0.567. The van der Waals surface area contributed by atoms with Crippen LogP contribution in [-0.2, 0) is 0 Å². The van der Waals surface area contributed by atoms with Gasteiger partial charge >= 0.3 is 0 Å². The number of rotatable bonds is 1. The van der Waals surface area contributed by atoms with E-state index in [-0.39, 0.29) is 0 Å². The summed E-state index contributed by atoms with van der Waals surface area (Å²) in [5, 5.41) is 0. The van der Waals surface area contributed by atoms with Crippen molar-refractivity contribution in [1.82, 2.24) is 0 Å². The summed E-state index contributed by atoms with van der Waals surface area (Å²) in [6.07, 6.45) is 13.7. The molecule has 2 saturated carbocycles. The van der Waals surface area contributed by atoms with Gasteiger partial charge in [0.15, 0.2) is 0 Å². The Morgan fingerprint density at radius 3 is 2.33 bits per heavy atom. The first-order chi connectivity index (χ1) is 7.31. The summed E-state index contributed by atoms with van der Waals surface area (Å²) in [6, 6.07) is 0. The zero-order valence-electron chi connectivity index (χ0n) is 10.7. The van der Waals surface area contributed by atoms with Crippen LogP contribution >= 0.6 is 0 Å². The zero-order chi connectivity index (χ0) is 10.7. The van der Waals surface area contributed by atoms with Crippen molar-refractivity contribution in [1.29, 1.82) is 0 Å². The summed E-state index contributed by atoms with van der Waals surface area (Å²) in [7, 11) is 0. The number of hydrogen-bond acceptors (Lipinski definition) is 0. The lowest BCUT2D eigenvalue weighted by molar-refractivity contribution is 0.108. The van der Waals surface area contributed by atoms with E-state index in [1.54, 1.807) is 19.3 Å². The van der Waals surface area contributed by atoms with Gasteiger partial charge in [-0.15, -0.1) is 0 Å². The largest absolute Gasteiger partial charge is 0.0651 e. The zero-order valence-corrected chi connectivity index (χ0v) is 10.7. The van der Waals surface area contributed by atoms with Crippen molar-refractivity contribution in [3.8, 4) is 0 Å². The van der Waals surface area contributed by atoms with Crippen LogP contribution in [0.4, 0.5) is 0 Å². The average Bonchev–Trinajstić information content (AvgIpc) is 2.23. The second-order valence-corrected chi connectivity index (χ2v) is 6.14. The highest BCUT2D eigenvalue weighted by Crippen LogP contribution is 2.43. The van der Waals surface area contributed by atoms with Crippen molar-refractivity contribution < 1.29 is 0 Å². The molecule has 0 radical (unpaired) electrons. The van der Waals surface area contributed by atoms with Gasteiger partial charge in [-0.1, -0.05) is 65.2 Å². The minimum Gasteiger partial charge on any atom is -0.0651 e. The molecule has 2 aliphatic rings. The molecule has 0 aromatic rings. The van der Waals surface area contributed by atoms with Crippen LogP contribution in [0, 0.1) is 23.7 Å². The summed E-state index contributed by atoms with van der Waals surface area (Å²) in [6.45, 7) is 4.87. The van der Waals surface area contributed by atoms with E-state index in [0.29, 0.717) is 0 Å². The van der Waals surface area contributed by atoms with Gasteiger partial charge in [0.25, 0.3) is 0 Å². The highest BCUT2D eigenvalue weighted by atomic mass is 14.4. The molecule has 0 saturated heterocycles. The SMILES string of the molecule is CCC1CCCC2CCCC(C)CCC12. The second-order valence-electron chi connectivity index (χ2n) is 6.14. The molecule has 2 rings (SSSR count). The van der Waals surface area contributed by atoms with Crippen LogP contribution in [0.25, 0.3) is 0 Å². The molecule has 15 heavy (non-hydrogen) atoms. The van der Waals surface area contributed by atoms with Crippen LogP contribution in [0.1, 0.15) is 71.6 Å². The Balaban J connectivity index is 1.98. The van der Waals surface area contributed by atoms with Crippen molar-refractivity contribution in [2.24, 2.45) is 23.7 Å². The molecule has 0 aliphatic heterocycles. The molecule has 2 aliphatic carbocycles. The van der Waals surface area contributed by atoms with E-state index in [1.165, 1.54) is 38.5 Å². The summed E-state index contributed by atoms with van der Waals surface area (Å²) >= 11 is 0. The average molecular weight is 208 g/mol. The fraction of sp³-hybridized carbons (Fsp3) is 1.00. The van der Waals surface area contributed by atoms with E-state index in [0.717, 1.165) is 23.7 Å². The molecule has 0 spiro atoms. The molecule has 0 aromatic heterocycles. The second kappa shape index (κ2) is 5.37. The predicted molar refractivity (Wildman–Crippen MR) is 66.9 cm³/mol. The Hall–Kier alpha value is 0. The molecule has 4 unspecified atom stereocenters. The lowest BCUT2D eigenvalue weighted by Gasteiger charge is -2.40. The number of hydrogen-bond donors (Lipinski definition) is 0. The molecule has 0 nitrogen and oxygen atoms in total. The lowest BCUT2D eigenvalue weighted by atomic mass is 9.66. The van der Waals surface area contributed by atoms with Crippen molar-refractivity contribution in [3.05, 3.63) is 0 Å². The monoisotopic (exact) mass is 208 g/mol. The van der Waals surface area contributed by atoms with Crippen LogP contribution < -0.4 is 0 Å². The van der Waals surface area contributed by atoms with Gasteiger partial charge < -0.3 is 0 Å². The molecule has 0 heteroatoms. The third-order valence-electron chi connectivity index (χ3n) is 5.15. The maximum absolute atomic E-state index is 2.46. The molecule has 0 amide bonds. The van der Waals surface area contributed by atoms with Gasteiger partial charge in [-0.2, -0.15) is 0 Å². The molecule has 88 valence electrons. The van der Waals surface area contributed by atoms with E-state index in [9.17, 15) is 0 Å². The van der Waals surface area contributed by atoms with Gasteiger partial charge in [-0.3, -0.25) is 0 Å². The summed E-state index contributed by atoms with van der Waals surface area (Å²) < 4.78 is 0. The Labute approximate surface area is 95.8 Å². The van der Waals surface area contributed by atoms with Crippen molar-refractivity contribution in [2.75, 3.05) is 0 Å². The fourth-order valence-corrected chi connectivity index (χ4v) is 4.14. The third kappa shape index (κ3) is 2.77. The molecule has 0 N–H and O–H groups in total. The molecule has 0 aromatic carbocycles. The van der Waals surface area contributed by atoms with E-state index in [1.807, 2.05) is 0 Å². The Bertz CT molecular complexity index is 184. The van der Waals surface area contributed by atoms with Gasteiger partial charge in [-0.25, -0.2) is 0 Å². The Morgan fingerprint density at radius 1 is 0.867 bits per heavy atom. The van der Waals surface area contributed by atoms with Crippen LogP contribution in [0.3, 0.4) is 0 Å². The highest BCUT2D eigenvalue weighted by molar-refractivity contribution is 4.83. The first-order valence-corrected chi connectivity index (χ1v) is 7.31. The van der Waals surface area contributed by atoms with Crippen molar-refractivity contribution >= 4 is 0 Å². The number of fused-ring (bicyclic) bond motifs is 1. The highest BCUT2D eigenvalue weighted by Gasteiger charge is 2.32. The minimum atomic E-state index is 1.00. The molecule has 0 heterocycles. The maximum Gasteiger partial charge on any atom is -0.0357 e. The Morgan fingerprint density at radius 2 is 1.60 bits per heavy atom. The van der Waals surface area contributed by atoms with Gasteiger partial charge in [-0.05, 0) is 30.1 Å². The first kappa shape index (κ1) is 11.5. The molecular formula is C15H28. The van der Waals surface area contributed by atoms with Crippen molar-refractivity contribution in [3.63, 3.8) is 0 Å². The smallest absolute Gasteiger partial charge is 0.0357 e. The summed E-state index contributed by atoms with van der Waals surface area (Å²) in [4.78, 5) is 0. The third-order valence-corrected chi connectivity index (χ3v) is 5.15. The van der Waals surface area contributed by atoms with Crippen LogP contribution in [0.2, 0.25) is 0 Å². The minimum absolute atomic E-state index is 1.00. The first-order valence-electron chi connectivity index (χ1n) is 7.31. The lowest BCUT2D eigenvalue weighted by Crippen LogP contribution is -2.29. The van der Waals surface area contributed by atoms with E-state index < -0.39 is 0 Å². The predicted octanol–water partition coefficient (Wildman–Crippen LogP) is 5.03. The van der Waals surface area contributed by atoms with Crippen LogP contribution in [0.15, 0.2) is 0 Å². The standard InChI is InChI=1S/C15H28/c1-3-13-7-5-9-14-8-4-6-12(2)10-11-15(13)14/h12-15H,3-11H2,1-2H3. The fourth-order valence-electron chi connectivity index (χ4n) is 4.14. The van der Waals surface area contributed by atoms with Gasteiger partial charge in [0.05, 0.1) is 0 Å². The van der Waals surface area contributed by atoms with Gasteiger partial charge in [0.2, 0.25) is 0 Å². The molecular weight excluding hydrogens is 180 g/mol. The van der Waals surface area contributed by atoms with Crippen LogP contribution in [-0.4, -0.2) is 0 Å². The van der Waals surface area contributed by atoms with E-state index in [2.05, 4.69) is 13.8 Å².